The fraction of sp³-hybridized carbons (Fsp3) is 0.864. The Hall–Kier alpha value is -0.950. The second kappa shape index (κ2) is 24.1. The summed E-state index contributed by atoms with van der Waals surface area (Å²) >= 11 is 0. The van der Waals surface area contributed by atoms with E-state index in [-0.39, 0.29) is 12.6 Å². The zero-order valence-electron chi connectivity index (χ0n) is 17.7. The van der Waals surface area contributed by atoms with Crippen LogP contribution in [0.5, 0.6) is 0 Å². The van der Waals surface area contributed by atoms with Crippen molar-refractivity contribution >= 4 is 5.97 Å². The third-order valence-electron chi connectivity index (χ3n) is 4.34. The van der Waals surface area contributed by atoms with Gasteiger partial charge >= 0.3 is 5.97 Å². The summed E-state index contributed by atoms with van der Waals surface area (Å²) < 4.78 is 15.4. The molecule has 0 aromatic rings. The number of hydrogen-bond acceptors (Lipinski definition) is 6. The van der Waals surface area contributed by atoms with Gasteiger partial charge in [-0.2, -0.15) is 0 Å². The fourth-order valence-electron chi connectivity index (χ4n) is 2.73. The van der Waals surface area contributed by atoms with E-state index in [1.54, 1.807) is 0 Å². The molecule has 0 aromatic heterocycles. The maximum absolute atomic E-state index is 11.6. The van der Waals surface area contributed by atoms with E-state index < -0.39 is 0 Å². The average Bonchev–Trinajstić information content (AvgIpc) is 2.70. The normalized spacial score (nSPS) is 11.4. The van der Waals surface area contributed by atoms with Gasteiger partial charge in [0, 0.05) is 6.42 Å². The minimum atomic E-state index is -0.140. The molecule has 0 atom stereocenters. The number of ether oxygens (including phenoxy) is 3. The molecule has 0 fully saturated rings. The van der Waals surface area contributed by atoms with E-state index in [0.717, 1.165) is 32.2 Å². The van der Waals surface area contributed by atoms with Crippen molar-refractivity contribution in [3.8, 4) is 0 Å². The predicted molar refractivity (Wildman–Crippen MR) is 113 cm³/mol. The Morgan fingerprint density at radius 3 is 1.89 bits per heavy atom. The molecule has 6 nitrogen and oxygen atoms in total. The number of aliphatic hydroxyl groups excluding tert-OH is 1. The van der Waals surface area contributed by atoms with Crippen molar-refractivity contribution in [1.29, 1.82) is 0 Å². The number of carbonyl (C=O) groups is 1. The second-order valence-electron chi connectivity index (χ2n) is 6.94. The van der Waals surface area contributed by atoms with Crippen LogP contribution in [0.25, 0.3) is 0 Å². The standard InChI is InChI=1S/C22H43NO5/c23-15-13-11-9-7-5-3-1-2-4-6-8-10-12-14-22(25)28-21-20-27-19-18-26-17-16-24/h5,7,24H,1-4,6,8-21,23H2/b7-5-. The lowest BCUT2D eigenvalue weighted by Crippen LogP contribution is -2.13. The molecule has 0 heterocycles. The largest absolute Gasteiger partial charge is 0.463 e. The molecule has 0 saturated heterocycles. The number of aliphatic hydroxyl groups is 1. The van der Waals surface area contributed by atoms with Crippen LogP contribution in [0.3, 0.4) is 0 Å². The Balaban J connectivity index is 3.18. The van der Waals surface area contributed by atoms with Crippen molar-refractivity contribution in [3.05, 3.63) is 12.2 Å². The molecule has 0 spiro atoms. The lowest BCUT2D eigenvalue weighted by atomic mass is 10.1. The summed E-state index contributed by atoms with van der Waals surface area (Å²) in [6.07, 6.45) is 18.0. The molecule has 0 rings (SSSR count). The van der Waals surface area contributed by atoms with Crippen LogP contribution in [0.4, 0.5) is 0 Å². The van der Waals surface area contributed by atoms with Gasteiger partial charge in [-0.3, -0.25) is 4.79 Å². The highest BCUT2D eigenvalue weighted by atomic mass is 16.6. The van der Waals surface area contributed by atoms with Crippen LogP contribution in [-0.4, -0.2) is 57.3 Å². The number of hydrogen-bond donors (Lipinski definition) is 2. The summed E-state index contributed by atoms with van der Waals surface area (Å²) in [6, 6.07) is 0. The minimum absolute atomic E-state index is 0.0193. The van der Waals surface area contributed by atoms with Gasteiger partial charge in [0.15, 0.2) is 0 Å². The van der Waals surface area contributed by atoms with Crippen molar-refractivity contribution in [1.82, 2.24) is 0 Å². The average molecular weight is 402 g/mol. The minimum Gasteiger partial charge on any atom is -0.463 e. The molecule has 166 valence electrons. The zero-order chi connectivity index (χ0) is 20.5. The highest BCUT2D eigenvalue weighted by Gasteiger charge is 2.02. The van der Waals surface area contributed by atoms with Crippen LogP contribution in [0, 0.1) is 0 Å². The molecule has 0 unspecified atom stereocenters. The number of rotatable bonds is 22. The first-order valence-corrected chi connectivity index (χ1v) is 11.1. The summed E-state index contributed by atoms with van der Waals surface area (Å²) in [5.74, 6) is -0.140. The molecule has 0 bridgehead atoms. The monoisotopic (exact) mass is 401 g/mol. The molecule has 3 N–H and O–H groups in total. The zero-order valence-corrected chi connectivity index (χ0v) is 17.7. The van der Waals surface area contributed by atoms with E-state index in [1.807, 2.05) is 0 Å². The van der Waals surface area contributed by atoms with Crippen molar-refractivity contribution in [2.45, 2.75) is 77.0 Å². The van der Waals surface area contributed by atoms with E-state index in [1.165, 1.54) is 44.9 Å². The number of nitrogens with two attached hydrogens (primary N) is 1. The number of unbranched alkanes of at least 4 members (excludes halogenated alkanes) is 9. The molecular weight excluding hydrogens is 358 g/mol. The van der Waals surface area contributed by atoms with Crippen LogP contribution in [0.2, 0.25) is 0 Å². The van der Waals surface area contributed by atoms with E-state index in [2.05, 4.69) is 12.2 Å². The topological polar surface area (TPSA) is 91.0 Å². The maximum Gasteiger partial charge on any atom is 0.305 e. The maximum atomic E-state index is 11.6. The highest BCUT2D eigenvalue weighted by Crippen LogP contribution is 2.10. The second-order valence-corrected chi connectivity index (χ2v) is 6.94. The van der Waals surface area contributed by atoms with Crippen LogP contribution in [0.15, 0.2) is 12.2 Å². The van der Waals surface area contributed by atoms with Gasteiger partial charge in [0.05, 0.1) is 33.0 Å². The molecule has 0 aromatic carbocycles. The summed E-state index contributed by atoms with van der Waals surface area (Å²) in [5.41, 5.74) is 5.47. The highest BCUT2D eigenvalue weighted by molar-refractivity contribution is 5.69. The van der Waals surface area contributed by atoms with E-state index >= 15 is 0 Å². The van der Waals surface area contributed by atoms with E-state index in [9.17, 15) is 4.79 Å². The van der Waals surface area contributed by atoms with E-state index in [0.29, 0.717) is 39.5 Å². The van der Waals surface area contributed by atoms with Gasteiger partial charge in [0.1, 0.15) is 6.61 Å². The Morgan fingerprint density at radius 1 is 0.714 bits per heavy atom. The smallest absolute Gasteiger partial charge is 0.305 e. The summed E-state index contributed by atoms with van der Waals surface area (Å²) in [4.78, 5) is 11.6. The number of esters is 1. The third-order valence-corrected chi connectivity index (χ3v) is 4.34. The Labute approximate surface area is 171 Å². The summed E-state index contributed by atoms with van der Waals surface area (Å²) in [6.45, 7) is 2.71. The van der Waals surface area contributed by atoms with Gasteiger partial charge in [0.2, 0.25) is 0 Å². The SMILES string of the molecule is NCCCC/C=C\CCCCCCCCCC(=O)OCCOCCOCCO. The van der Waals surface area contributed by atoms with Crippen LogP contribution < -0.4 is 5.73 Å². The quantitative estimate of drug-likeness (QED) is 0.163. The van der Waals surface area contributed by atoms with Crippen LogP contribution >= 0.6 is 0 Å². The lowest BCUT2D eigenvalue weighted by molar-refractivity contribution is -0.145. The van der Waals surface area contributed by atoms with Crippen molar-refractivity contribution in [2.75, 3.05) is 46.2 Å². The molecule has 28 heavy (non-hydrogen) atoms. The van der Waals surface area contributed by atoms with Crippen molar-refractivity contribution < 1.29 is 24.1 Å². The molecule has 6 heteroatoms. The molecule has 0 aliphatic heterocycles. The van der Waals surface area contributed by atoms with Crippen molar-refractivity contribution in [3.63, 3.8) is 0 Å². The Morgan fingerprint density at radius 2 is 1.25 bits per heavy atom. The first-order chi connectivity index (χ1) is 13.8. The molecular formula is C22H43NO5. The van der Waals surface area contributed by atoms with Gasteiger partial charge in [0.25, 0.3) is 0 Å². The molecule has 0 amide bonds. The van der Waals surface area contributed by atoms with Gasteiger partial charge in [-0.05, 0) is 45.1 Å². The van der Waals surface area contributed by atoms with Crippen LogP contribution in [-0.2, 0) is 19.0 Å². The summed E-state index contributed by atoms with van der Waals surface area (Å²) in [5, 5.41) is 8.54. The number of allylic oxidation sites excluding steroid dienone is 2. The van der Waals surface area contributed by atoms with Crippen molar-refractivity contribution in [2.24, 2.45) is 5.73 Å². The number of carbonyl (C=O) groups excluding carboxylic acids is 1. The molecule has 0 aliphatic rings. The van der Waals surface area contributed by atoms with Gasteiger partial charge in [-0.25, -0.2) is 0 Å². The fourth-order valence-corrected chi connectivity index (χ4v) is 2.73. The van der Waals surface area contributed by atoms with E-state index in [4.69, 9.17) is 25.1 Å². The first kappa shape index (κ1) is 27.0. The van der Waals surface area contributed by atoms with Crippen LogP contribution in [0.1, 0.15) is 77.0 Å². The predicted octanol–water partition coefficient (Wildman–Crippen LogP) is 3.75. The third kappa shape index (κ3) is 23.1. The summed E-state index contributed by atoms with van der Waals surface area (Å²) in [7, 11) is 0. The first-order valence-electron chi connectivity index (χ1n) is 11.1. The molecule has 0 radical (unpaired) electrons. The molecule has 0 saturated carbocycles. The molecule has 0 aliphatic carbocycles. The van der Waals surface area contributed by atoms with Gasteiger partial charge in [-0.15, -0.1) is 0 Å². The van der Waals surface area contributed by atoms with Gasteiger partial charge in [-0.1, -0.05) is 44.3 Å². The van der Waals surface area contributed by atoms with Gasteiger partial charge < -0.3 is 25.1 Å². The lowest BCUT2D eigenvalue weighted by Gasteiger charge is -2.06. The Kier molecular flexibility index (Phi) is 23.3. The Bertz CT molecular complexity index is 350.